The monoisotopic (exact) mass is 801 g/mol. The van der Waals surface area contributed by atoms with E-state index in [0.717, 1.165) is 86.2 Å². The Hall–Kier alpha value is -5.50. The van der Waals surface area contributed by atoms with Gasteiger partial charge in [0.2, 0.25) is 12.3 Å². The predicted molar refractivity (Wildman–Crippen MR) is 217 cm³/mol. The summed E-state index contributed by atoms with van der Waals surface area (Å²) in [5, 5.41) is 12.4. The Morgan fingerprint density at radius 1 is 1.03 bits per heavy atom. The van der Waals surface area contributed by atoms with Crippen LogP contribution >= 0.6 is 0 Å². The van der Waals surface area contributed by atoms with Crippen LogP contribution < -0.4 is 15.4 Å². The van der Waals surface area contributed by atoms with E-state index in [9.17, 15) is 27.6 Å². The van der Waals surface area contributed by atoms with Crippen molar-refractivity contribution in [2.45, 2.75) is 102 Å². The quantitative estimate of drug-likeness (QED) is 0.109. The van der Waals surface area contributed by atoms with Crippen LogP contribution in [0.4, 0.5) is 19.0 Å². The second-order valence-electron chi connectivity index (χ2n) is 15.0. The van der Waals surface area contributed by atoms with Gasteiger partial charge in [0.25, 0.3) is 5.91 Å². The van der Waals surface area contributed by atoms with Gasteiger partial charge in [0.05, 0.1) is 6.20 Å². The number of carbonyl (C=O) groups excluding carboxylic acids is 3. The molecule has 2 amide bonds. The highest BCUT2D eigenvalue weighted by Gasteiger charge is 2.33. The van der Waals surface area contributed by atoms with E-state index in [0.29, 0.717) is 37.2 Å². The van der Waals surface area contributed by atoms with E-state index in [1.807, 2.05) is 24.1 Å². The number of carbonyl (C=O) groups is 3. The van der Waals surface area contributed by atoms with E-state index in [2.05, 4.69) is 63.3 Å². The molecule has 3 N–H and O–H groups in total. The van der Waals surface area contributed by atoms with Gasteiger partial charge in [-0.3, -0.25) is 24.4 Å². The predicted octanol–water partition coefficient (Wildman–Crippen LogP) is 8.08. The van der Waals surface area contributed by atoms with Gasteiger partial charge in [-0.15, -0.1) is 0 Å². The van der Waals surface area contributed by atoms with E-state index in [-0.39, 0.29) is 35.7 Å². The number of anilines is 1. The Morgan fingerprint density at radius 2 is 1.79 bits per heavy atom. The van der Waals surface area contributed by atoms with Crippen LogP contribution in [0.1, 0.15) is 109 Å². The number of benzene rings is 2. The van der Waals surface area contributed by atoms with Gasteiger partial charge < -0.3 is 20.3 Å². The molecule has 3 unspecified atom stereocenters. The number of nitrogens with one attached hydrogen (secondary N) is 3. The number of ether oxygens (including phenoxy) is 1. The molecule has 1 saturated carbocycles. The van der Waals surface area contributed by atoms with Crippen molar-refractivity contribution in [2.75, 3.05) is 25.5 Å². The number of hydrogen-bond acceptors (Lipinski definition) is 8. The van der Waals surface area contributed by atoms with Gasteiger partial charge in [-0.2, -0.15) is 13.9 Å². The van der Waals surface area contributed by atoms with Gasteiger partial charge in [-0.1, -0.05) is 56.3 Å². The molecule has 4 heterocycles. The van der Waals surface area contributed by atoms with Gasteiger partial charge in [0.15, 0.2) is 6.29 Å². The third-order valence-electron chi connectivity index (χ3n) is 11.0. The molecule has 7 rings (SSSR count). The number of hydrogen-bond donors (Lipinski definition) is 3. The van der Waals surface area contributed by atoms with E-state index < -0.39 is 5.92 Å². The molecule has 2 aliphatic heterocycles. The number of H-pyrrole nitrogens is 1. The summed E-state index contributed by atoms with van der Waals surface area (Å²) in [7, 11) is 1.85. The first-order valence-corrected chi connectivity index (χ1v) is 19.9. The molecule has 11 nitrogen and oxygen atoms in total. The van der Waals surface area contributed by atoms with Gasteiger partial charge in [0, 0.05) is 61.1 Å². The molecule has 4 aromatic rings. The number of halogens is 3. The lowest BCUT2D eigenvalue weighted by atomic mass is 9.87. The summed E-state index contributed by atoms with van der Waals surface area (Å²) >= 11 is 0. The summed E-state index contributed by atoms with van der Waals surface area (Å²) in [6, 6.07) is 17.6. The molecule has 0 bridgehead atoms. The standard InChI is InChI=1S/C27H32F2N2O2.C14H17FN4O.C3H5NO/c1-3-4-19(2)31-17-23-15-22(7-10-25(23)26(31)33)21-11-13-30(14-12-21)16-20-5-8-24(9-6-20)27(28,29)18-32;1-16-13-7-12(18-19-13)9-2-4-11(6-9)20-14-5-3-10(15)8-17-14;1-2-4-3-5/h5-10,15,18-19,21H,3-4,11-14,16-17H2,1-2H3;3,5,7-9,11H,2,4,6H2,1H3,(H2,16,18,19);2-3H,1H2,(H,4,5). The van der Waals surface area contributed by atoms with Crippen molar-refractivity contribution in [1.29, 1.82) is 0 Å². The summed E-state index contributed by atoms with van der Waals surface area (Å²) in [5.41, 5.74) is 5.14. The number of aromatic nitrogens is 3. The normalized spacial score (nSPS) is 18.5. The molecule has 3 atom stereocenters. The highest BCUT2D eigenvalue weighted by molar-refractivity contribution is 5.98. The average molecular weight is 802 g/mol. The molecule has 2 aromatic heterocycles. The van der Waals surface area contributed by atoms with Crippen LogP contribution in [0.5, 0.6) is 5.88 Å². The van der Waals surface area contributed by atoms with Crippen molar-refractivity contribution in [3.05, 3.63) is 119 Å². The number of pyridine rings is 1. The molecule has 310 valence electrons. The van der Waals surface area contributed by atoms with Crippen LogP contribution in [-0.2, 0) is 28.6 Å². The molecule has 0 radical (unpaired) electrons. The van der Waals surface area contributed by atoms with Crippen molar-refractivity contribution in [3.63, 3.8) is 0 Å². The fourth-order valence-corrected chi connectivity index (χ4v) is 7.78. The molecule has 2 aromatic carbocycles. The minimum absolute atomic E-state index is 0.124. The van der Waals surface area contributed by atoms with Gasteiger partial charge in [-0.05, 0) is 99.5 Å². The number of amides is 2. The number of aldehydes is 1. The van der Waals surface area contributed by atoms with Crippen molar-refractivity contribution >= 4 is 24.4 Å². The number of aromatic amines is 1. The summed E-state index contributed by atoms with van der Waals surface area (Å²) in [6.07, 6.45) is 9.96. The zero-order valence-electron chi connectivity index (χ0n) is 33.4. The van der Waals surface area contributed by atoms with Crippen molar-refractivity contribution in [3.8, 4) is 5.88 Å². The number of rotatable bonds is 14. The van der Waals surface area contributed by atoms with E-state index in [1.165, 1.54) is 36.2 Å². The van der Waals surface area contributed by atoms with Crippen LogP contribution in [0.2, 0.25) is 0 Å². The first kappa shape index (κ1) is 43.6. The van der Waals surface area contributed by atoms with Crippen molar-refractivity contribution in [2.24, 2.45) is 0 Å². The maximum atomic E-state index is 13.5. The maximum Gasteiger partial charge on any atom is 0.327 e. The van der Waals surface area contributed by atoms with Gasteiger partial charge in [0.1, 0.15) is 17.7 Å². The Kier molecular flexibility index (Phi) is 15.6. The molecule has 58 heavy (non-hydrogen) atoms. The van der Waals surface area contributed by atoms with Crippen LogP contribution in [0, 0.1) is 5.82 Å². The zero-order chi connectivity index (χ0) is 41.7. The third kappa shape index (κ3) is 11.6. The first-order valence-electron chi connectivity index (χ1n) is 19.9. The second-order valence-corrected chi connectivity index (χ2v) is 15.0. The molecule has 14 heteroatoms. The van der Waals surface area contributed by atoms with Crippen molar-refractivity contribution in [1.82, 2.24) is 30.3 Å². The van der Waals surface area contributed by atoms with Gasteiger partial charge >= 0.3 is 5.92 Å². The molecule has 3 aliphatic rings. The SMILES string of the molecule is C=CNC=O.CCCC(C)N1Cc2cc(C3CCN(Cc4ccc(C(F)(F)C=O)cc4)CC3)ccc2C1=O.CNc1cc(C2CCC(Oc3ccc(F)cn3)C2)[nH]n1. The second kappa shape index (κ2) is 20.8. The topological polar surface area (TPSA) is 133 Å². The number of alkyl halides is 2. The lowest BCUT2D eigenvalue weighted by Gasteiger charge is -2.32. The fraction of sp³-hybridized carbons (Fsp3) is 0.432. The fourth-order valence-electron chi connectivity index (χ4n) is 7.78. The minimum Gasteiger partial charge on any atom is -0.474 e. The summed E-state index contributed by atoms with van der Waals surface area (Å²) in [5.74, 6) is -1.39. The summed E-state index contributed by atoms with van der Waals surface area (Å²) in [4.78, 5) is 40.8. The smallest absolute Gasteiger partial charge is 0.327 e. The van der Waals surface area contributed by atoms with E-state index >= 15 is 0 Å². The van der Waals surface area contributed by atoms with Crippen LogP contribution in [0.25, 0.3) is 0 Å². The lowest BCUT2D eigenvalue weighted by Crippen LogP contribution is -2.33. The van der Waals surface area contributed by atoms with E-state index in [4.69, 9.17) is 4.74 Å². The van der Waals surface area contributed by atoms with E-state index in [1.54, 1.807) is 18.2 Å². The third-order valence-corrected chi connectivity index (χ3v) is 11.0. The minimum atomic E-state index is -3.43. The average Bonchev–Trinajstić information content (AvgIpc) is 3.99. The maximum absolute atomic E-state index is 13.5. The largest absolute Gasteiger partial charge is 0.474 e. The summed E-state index contributed by atoms with van der Waals surface area (Å²) < 4.78 is 45.5. The molecule has 1 aliphatic carbocycles. The molecule has 2 fully saturated rings. The van der Waals surface area contributed by atoms with Crippen LogP contribution in [0.15, 0.2) is 79.6 Å². The van der Waals surface area contributed by atoms with Crippen LogP contribution in [-0.4, -0.2) is 75.9 Å². The van der Waals surface area contributed by atoms with Gasteiger partial charge in [-0.25, -0.2) is 9.37 Å². The molecular weight excluding hydrogens is 748 g/mol. The summed E-state index contributed by atoms with van der Waals surface area (Å²) in [6.45, 7) is 10.8. The number of fused-ring (bicyclic) bond motifs is 1. The molecular formula is C44H54F3N7O4. The Morgan fingerprint density at radius 3 is 2.40 bits per heavy atom. The highest BCUT2D eigenvalue weighted by atomic mass is 19.3. The number of nitrogens with zero attached hydrogens (tertiary/aromatic N) is 4. The first-order chi connectivity index (χ1) is 28.0. The highest BCUT2D eigenvalue weighted by Crippen LogP contribution is 2.37. The Labute approximate surface area is 338 Å². The molecule has 1 saturated heterocycles. The number of piperidine rings is 1. The van der Waals surface area contributed by atoms with Crippen LogP contribution in [0.3, 0.4) is 0 Å². The Balaban J connectivity index is 0.000000216. The van der Waals surface area contributed by atoms with Crippen molar-refractivity contribution < 1.29 is 32.3 Å². The number of likely N-dealkylation sites (tertiary alicyclic amines) is 1. The molecule has 0 spiro atoms. The Bertz CT molecular complexity index is 1940. The lowest BCUT2D eigenvalue weighted by molar-refractivity contribution is -0.130. The zero-order valence-corrected chi connectivity index (χ0v) is 33.4.